The fraction of sp³-hybridized carbons (Fsp3) is 0.389. The van der Waals surface area contributed by atoms with Crippen molar-refractivity contribution in [3.8, 4) is 11.1 Å². The maximum absolute atomic E-state index is 15.4. The third-order valence-electron chi connectivity index (χ3n) is 8.58. The Morgan fingerprint density at radius 2 is 1.56 bits per heavy atom. The molecule has 6 nitrogen and oxygen atoms in total. The molecule has 1 fully saturated rings. The molecule has 1 atom stereocenters. The zero-order valence-electron chi connectivity index (χ0n) is 27.0. The largest absolute Gasteiger partial charge is 0.444 e. The molecule has 1 unspecified atom stereocenters. The molecule has 3 aromatic carbocycles. The molecule has 1 heterocycles. The van der Waals surface area contributed by atoms with Crippen molar-refractivity contribution in [2.45, 2.75) is 83.0 Å². The summed E-state index contributed by atoms with van der Waals surface area (Å²) in [6.07, 6.45) is -5.54. The smallest absolute Gasteiger partial charge is 0.418 e. The van der Waals surface area contributed by atoms with Crippen molar-refractivity contribution < 1.29 is 37.0 Å². The van der Waals surface area contributed by atoms with Gasteiger partial charge in [0, 0.05) is 41.3 Å². The van der Waals surface area contributed by atoms with Crippen LogP contribution in [0.25, 0.3) is 21.2 Å². The van der Waals surface area contributed by atoms with Crippen molar-refractivity contribution in [2.24, 2.45) is 0 Å². The van der Waals surface area contributed by atoms with Crippen LogP contribution < -0.4 is 0 Å². The van der Waals surface area contributed by atoms with Gasteiger partial charge < -0.3 is 19.6 Å². The molecule has 0 bridgehead atoms. The lowest BCUT2D eigenvalue weighted by Gasteiger charge is -2.40. The van der Waals surface area contributed by atoms with Crippen LogP contribution in [0.3, 0.4) is 0 Å². The molecule has 1 saturated carbocycles. The Bertz CT molecular complexity index is 1780. The molecular formula is C36H37ClF4N2O4S. The van der Waals surface area contributed by atoms with Crippen molar-refractivity contribution in [1.82, 2.24) is 9.80 Å². The highest BCUT2D eigenvalue weighted by atomic mass is 35.5. The first kappa shape index (κ1) is 35.6. The zero-order chi connectivity index (χ0) is 35.0. The van der Waals surface area contributed by atoms with E-state index in [1.807, 2.05) is 24.3 Å². The lowest BCUT2D eigenvalue weighted by atomic mass is 9.89. The Morgan fingerprint density at radius 3 is 2.17 bits per heavy atom. The number of aliphatic hydroxyl groups is 1. The summed E-state index contributed by atoms with van der Waals surface area (Å²) in [5.74, 6) is -0.873. The van der Waals surface area contributed by atoms with Gasteiger partial charge in [0.15, 0.2) is 6.10 Å². The van der Waals surface area contributed by atoms with E-state index in [9.17, 15) is 27.9 Å². The van der Waals surface area contributed by atoms with Crippen molar-refractivity contribution in [1.29, 1.82) is 0 Å². The molecule has 0 spiro atoms. The van der Waals surface area contributed by atoms with Crippen molar-refractivity contribution in [3.63, 3.8) is 0 Å². The van der Waals surface area contributed by atoms with Crippen LogP contribution >= 0.6 is 22.9 Å². The average Bonchev–Trinajstić information content (AvgIpc) is 3.38. The molecule has 5 rings (SSSR count). The number of amides is 2. The maximum atomic E-state index is 15.4. The monoisotopic (exact) mass is 704 g/mol. The fourth-order valence-corrected chi connectivity index (χ4v) is 7.46. The number of rotatable bonds is 7. The molecule has 0 saturated heterocycles. The maximum Gasteiger partial charge on any atom is 0.418 e. The molecule has 256 valence electrons. The number of nitrogens with zero attached hydrogens (tertiary/aromatic N) is 2. The number of hydrogen-bond donors (Lipinski definition) is 1. The van der Waals surface area contributed by atoms with E-state index in [0.29, 0.717) is 46.7 Å². The van der Waals surface area contributed by atoms with Gasteiger partial charge in [-0.2, -0.15) is 13.2 Å². The second-order valence-corrected chi connectivity index (χ2v) is 14.5. The molecule has 1 aliphatic carbocycles. The van der Waals surface area contributed by atoms with Crippen LogP contribution in [0.1, 0.15) is 73.4 Å². The number of ether oxygens (including phenoxy) is 1. The first-order chi connectivity index (χ1) is 22.5. The van der Waals surface area contributed by atoms with Crippen molar-refractivity contribution in [3.05, 3.63) is 93.6 Å². The standard InChI is InChI=1S/C36H37ClF4N2O4S/c1-35(2,3)47-34(46)42(4)25-14-16-26(17-15-25)43(33(45)31-30(37)27-7-5-6-8-29(27)48-31)20-24-19-23(13-18-28(24)38)21-9-11-22(12-10-21)32(44)36(39,40)41/h5-13,18-19,25-26,32,44H,14-17,20H2,1-4H3. The highest BCUT2D eigenvalue weighted by Gasteiger charge is 2.39. The number of benzene rings is 3. The van der Waals surface area contributed by atoms with Gasteiger partial charge in [-0.1, -0.05) is 60.1 Å². The van der Waals surface area contributed by atoms with E-state index in [1.54, 1.807) is 43.7 Å². The molecule has 12 heteroatoms. The molecule has 4 aromatic rings. The van der Waals surface area contributed by atoms with Crippen LogP contribution in [0, 0.1) is 5.82 Å². The first-order valence-corrected chi connectivity index (χ1v) is 16.8. The Morgan fingerprint density at radius 1 is 0.958 bits per heavy atom. The fourth-order valence-electron chi connectivity index (χ4n) is 5.99. The topological polar surface area (TPSA) is 70.1 Å². The highest BCUT2D eigenvalue weighted by molar-refractivity contribution is 7.21. The number of carbonyl (C=O) groups excluding carboxylic acids is 2. The van der Waals surface area contributed by atoms with Crippen LogP contribution in [0.5, 0.6) is 0 Å². The lowest BCUT2D eigenvalue weighted by molar-refractivity contribution is -0.206. The quantitative estimate of drug-likeness (QED) is 0.195. The zero-order valence-corrected chi connectivity index (χ0v) is 28.6. The van der Waals surface area contributed by atoms with E-state index in [2.05, 4.69) is 0 Å². The van der Waals surface area contributed by atoms with E-state index in [-0.39, 0.29) is 35.7 Å². The van der Waals surface area contributed by atoms with Crippen LogP contribution in [0.15, 0.2) is 66.7 Å². The second-order valence-electron chi connectivity index (χ2n) is 13.1. The van der Waals surface area contributed by atoms with Crippen LogP contribution in [0.4, 0.5) is 22.4 Å². The summed E-state index contributed by atoms with van der Waals surface area (Å²) in [6, 6.07) is 16.6. The minimum atomic E-state index is -4.80. The summed E-state index contributed by atoms with van der Waals surface area (Å²) in [6.45, 7) is 5.34. The first-order valence-electron chi connectivity index (χ1n) is 15.6. The third kappa shape index (κ3) is 7.96. The number of thiophene rings is 1. The predicted molar refractivity (Wildman–Crippen MR) is 180 cm³/mol. The summed E-state index contributed by atoms with van der Waals surface area (Å²) in [4.78, 5) is 30.6. The number of aliphatic hydroxyl groups excluding tert-OH is 1. The van der Waals surface area contributed by atoms with E-state index in [4.69, 9.17) is 16.3 Å². The predicted octanol–water partition coefficient (Wildman–Crippen LogP) is 9.78. The Balaban J connectivity index is 1.43. The molecule has 48 heavy (non-hydrogen) atoms. The number of fused-ring (bicyclic) bond motifs is 1. The molecule has 1 N–H and O–H groups in total. The molecule has 0 aliphatic heterocycles. The molecular weight excluding hydrogens is 668 g/mol. The van der Waals surface area contributed by atoms with Gasteiger partial charge in [-0.3, -0.25) is 4.79 Å². The number of carbonyl (C=O) groups is 2. The van der Waals surface area contributed by atoms with Crippen LogP contribution in [0.2, 0.25) is 5.02 Å². The molecule has 0 radical (unpaired) electrons. The summed E-state index contributed by atoms with van der Waals surface area (Å²) >= 11 is 8.00. The van der Waals surface area contributed by atoms with E-state index >= 15 is 4.39 Å². The number of hydrogen-bond acceptors (Lipinski definition) is 5. The Kier molecular flexibility index (Phi) is 10.4. The van der Waals surface area contributed by atoms with Gasteiger partial charge in [0.1, 0.15) is 16.3 Å². The highest BCUT2D eigenvalue weighted by Crippen LogP contribution is 2.39. The Labute approximate surface area is 285 Å². The van der Waals surface area contributed by atoms with Crippen molar-refractivity contribution in [2.75, 3.05) is 7.05 Å². The summed E-state index contributed by atoms with van der Waals surface area (Å²) in [5, 5.41) is 10.7. The summed E-state index contributed by atoms with van der Waals surface area (Å²) < 4.78 is 60.8. The minimum absolute atomic E-state index is 0.0782. The lowest BCUT2D eigenvalue weighted by Crippen LogP contribution is -2.47. The molecule has 1 aliphatic rings. The van der Waals surface area contributed by atoms with E-state index in [1.165, 1.54) is 47.7 Å². The van der Waals surface area contributed by atoms with Crippen LogP contribution in [-0.2, 0) is 11.3 Å². The van der Waals surface area contributed by atoms with Gasteiger partial charge in [0.2, 0.25) is 0 Å². The third-order valence-corrected chi connectivity index (χ3v) is 10.2. The summed E-state index contributed by atoms with van der Waals surface area (Å²) in [5.41, 5.74) is 0.337. The second kappa shape index (κ2) is 14.1. The summed E-state index contributed by atoms with van der Waals surface area (Å²) in [7, 11) is 1.70. The van der Waals surface area contributed by atoms with Gasteiger partial charge >= 0.3 is 12.3 Å². The number of halogens is 5. The van der Waals surface area contributed by atoms with Gasteiger partial charge in [-0.05, 0) is 81.3 Å². The van der Waals surface area contributed by atoms with Crippen LogP contribution in [-0.4, -0.2) is 57.8 Å². The molecule has 2 amide bonds. The van der Waals surface area contributed by atoms with Crippen molar-refractivity contribution >= 4 is 45.0 Å². The van der Waals surface area contributed by atoms with Gasteiger partial charge in [0.25, 0.3) is 5.91 Å². The van der Waals surface area contributed by atoms with Gasteiger partial charge in [-0.15, -0.1) is 11.3 Å². The van der Waals surface area contributed by atoms with Gasteiger partial charge in [-0.25, -0.2) is 9.18 Å². The normalized spacial score (nSPS) is 17.6. The molecule has 1 aromatic heterocycles. The Hall–Kier alpha value is -3.67. The van der Waals surface area contributed by atoms with E-state index < -0.39 is 29.8 Å². The number of alkyl halides is 3. The average molecular weight is 705 g/mol. The minimum Gasteiger partial charge on any atom is -0.444 e. The van der Waals surface area contributed by atoms with Gasteiger partial charge in [0.05, 0.1) is 5.02 Å². The van der Waals surface area contributed by atoms with E-state index in [0.717, 1.165) is 10.1 Å². The SMILES string of the molecule is CN(C(=O)OC(C)(C)C)C1CCC(N(Cc2cc(-c3ccc(C(O)C(F)(F)F)cc3)ccc2F)C(=O)c2sc3ccccc3c2Cl)CC1.